The molecule has 6 nitrogen and oxygen atoms in total. The largest absolute Gasteiger partial charge is 0.493 e. The van der Waals surface area contributed by atoms with Crippen LogP contribution in [0.1, 0.15) is 37.7 Å². The average Bonchev–Trinajstić information content (AvgIpc) is 2.74. The van der Waals surface area contributed by atoms with Gasteiger partial charge in [-0.1, -0.05) is 6.42 Å². The molecule has 6 heteroatoms. The molecule has 2 saturated heterocycles. The van der Waals surface area contributed by atoms with Crippen LogP contribution in [0.5, 0.6) is 17.2 Å². The van der Waals surface area contributed by atoms with E-state index in [0.29, 0.717) is 13.2 Å². The van der Waals surface area contributed by atoms with Crippen molar-refractivity contribution in [2.24, 2.45) is 0 Å². The molecule has 0 atom stereocenters. The first kappa shape index (κ1) is 18.8. The summed E-state index contributed by atoms with van der Waals surface area (Å²) >= 11 is 0. The van der Waals surface area contributed by atoms with Gasteiger partial charge in [0.25, 0.3) is 0 Å². The quantitative estimate of drug-likeness (QED) is 0.824. The maximum atomic E-state index is 5.76. The van der Waals surface area contributed by atoms with Crippen molar-refractivity contribution in [1.29, 1.82) is 0 Å². The minimum atomic E-state index is 0.233. The van der Waals surface area contributed by atoms with Crippen LogP contribution in [0, 0.1) is 0 Å². The second-order valence-electron chi connectivity index (χ2n) is 7.81. The van der Waals surface area contributed by atoms with E-state index in [0.717, 1.165) is 62.0 Å². The molecule has 1 aromatic carbocycles. The van der Waals surface area contributed by atoms with Gasteiger partial charge in [-0.2, -0.15) is 0 Å². The van der Waals surface area contributed by atoms with Crippen LogP contribution in [0.3, 0.4) is 0 Å². The van der Waals surface area contributed by atoms with E-state index in [1.165, 1.54) is 32.4 Å². The van der Waals surface area contributed by atoms with Gasteiger partial charge in [0, 0.05) is 31.8 Å². The second-order valence-corrected chi connectivity index (χ2v) is 7.81. The topological polar surface area (TPSA) is 52.2 Å². The van der Waals surface area contributed by atoms with Gasteiger partial charge >= 0.3 is 0 Å². The first-order valence-corrected chi connectivity index (χ1v) is 10.3. The fourth-order valence-corrected chi connectivity index (χ4v) is 4.59. The lowest BCUT2D eigenvalue weighted by Gasteiger charge is -2.48. The number of ether oxygens (including phenoxy) is 4. The molecule has 150 valence electrons. The summed E-state index contributed by atoms with van der Waals surface area (Å²) < 4.78 is 22.6. The molecule has 1 N–H and O–H groups in total. The predicted octanol–water partition coefficient (Wildman–Crippen LogP) is 2.59. The molecule has 3 aliphatic heterocycles. The zero-order valence-corrected chi connectivity index (χ0v) is 16.4. The summed E-state index contributed by atoms with van der Waals surface area (Å²) in [6, 6.07) is 4.12. The standard InChI is InChI=1S/C21H32N2O4/c1-24-18-13-17(14-19-20(18)27-12-11-26-19)15-22-16-21(5-9-25-10-6-21)23-7-3-2-4-8-23/h13-14,22H,2-12,15-16H2,1H3. The molecular weight excluding hydrogens is 344 g/mol. The summed E-state index contributed by atoms with van der Waals surface area (Å²) in [5.74, 6) is 2.26. The molecule has 0 spiro atoms. The smallest absolute Gasteiger partial charge is 0.203 e. The zero-order chi connectivity index (χ0) is 18.5. The molecule has 0 aromatic heterocycles. The number of nitrogens with zero attached hydrogens (tertiary/aromatic N) is 1. The van der Waals surface area contributed by atoms with Crippen molar-refractivity contribution in [3.63, 3.8) is 0 Å². The van der Waals surface area contributed by atoms with E-state index in [2.05, 4.69) is 22.3 Å². The van der Waals surface area contributed by atoms with Gasteiger partial charge in [0.2, 0.25) is 5.75 Å². The van der Waals surface area contributed by atoms with E-state index in [4.69, 9.17) is 18.9 Å². The Morgan fingerprint density at radius 2 is 1.81 bits per heavy atom. The Balaban J connectivity index is 1.43. The molecule has 3 heterocycles. The lowest BCUT2D eigenvalue weighted by atomic mass is 9.86. The van der Waals surface area contributed by atoms with Gasteiger partial charge in [0.15, 0.2) is 11.5 Å². The van der Waals surface area contributed by atoms with Crippen molar-refractivity contribution >= 4 is 0 Å². The third-order valence-corrected chi connectivity index (χ3v) is 6.12. The summed E-state index contributed by atoms with van der Waals surface area (Å²) in [6.45, 7) is 7.13. The van der Waals surface area contributed by atoms with Crippen LogP contribution in [-0.4, -0.2) is 63.6 Å². The number of benzene rings is 1. The minimum absolute atomic E-state index is 0.233. The van der Waals surface area contributed by atoms with Gasteiger partial charge in [0.05, 0.1) is 7.11 Å². The van der Waals surface area contributed by atoms with Crippen LogP contribution in [0.2, 0.25) is 0 Å². The number of rotatable bonds is 6. The lowest BCUT2D eigenvalue weighted by molar-refractivity contribution is -0.0358. The van der Waals surface area contributed by atoms with Crippen LogP contribution >= 0.6 is 0 Å². The summed E-state index contributed by atoms with van der Waals surface area (Å²) in [7, 11) is 1.68. The molecule has 0 amide bonds. The Labute approximate surface area is 162 Å². The first-order chi connectivity index (χ1) is 13.3. The summed E-state index contributed by atoms with van der Waals surface area (Å²) in [4.78, 5) is 2.72. The Bertz CT molecular complexity index is 608. The molecule has 2 fully saturated rings. The van der Waals surface area contributed by atoms with E-state index in [1.807, 2.05) is 0 Å². The molecule has 1 aromatic rings. The number of hydrogen-bond acceptors (Lipinski definition) is 6. The normalized spacial score (nSPS) is 22.4. The summed E-state index contributed by atoms with van der Waals surface area (Å²) in [5, 5.41) is 3.72. The minimum Gasteiger partial charge on any atom is -0.493 e. The highest BCUT2D eigenvalue weighted by Crippen LogP contribution is 2.40. The fraction of sp³-hybridized carbons (Fsp3) is 0.714. The van der Waals surface area contributed by atoms with Gasteiger partial charge in [-0.3, -0.25) is 4.90 Å². The average molecular weight is 376 g/mol. The van der Waals surface area contributed by atoms with Crippen LogP contribution < -0.4 is 19.5 Å². The monoisotopic (exact) mass is 376 g/mol. The van der Waals surface area contributed by atoms with Crippen LogP contribution in [-0.2, 0) is 11.3 Å². The number of nitrogens with one attached hydrogen (secondary N) is 1. The van der Waals surface area contributed by atoms with Crippen molar-refractivity contribution < 1.29 is 18.9 Å². The first-order valence-electron chi connectivity index (χ1n) is 10.3. The molecule has 0 bridgehead atoms. The number of methoxy groups -OCH3 is 1. The maximum absolute atomic E-state index is 5.76. The summed E-state index contributed by atoms with van der Waals surface area (Å²) in [5.41, 5.74) is 1.40. The van der Waals surface area contributed by atoms with Crippen molar-refractivity contribution in [2.45, 2.75) is 44.2 Å². The highest BCUT2D eigenvalue weighted by Gasteiger charge is 2.38. The Hall–Kier alpha value is -1.50. The van der Waals surface area contributed by atoms with Crippen molar-refractivity contribution in [3.8, 4) is 17.2 Å². The number of likely N-dealkylation sites (tertiary alicyclic amines) is 1. The van der Waals surface area contributed by atoms with Gasteiger partial charge < -0.3 is 24.3 Å². The van der Waals surface area contributed by atoms with Crippen LogP contribution in [0.4, 0.5) is 0 Å². The van der Waals surface area contributed by atoms with E-state index < -0.39 is 0 Å². The molecular formula is C21H32N2O4. The highest BCUT2D eigenvalue weighted by atomic mass is 16.6. The Morgan fingerprint density at radius 3 is 2.59 bits per heavy atom. The highest BCUT2D eigenvalue weighted by molar-refractivity contribution is 5.54. The van der Waals surface area contributed by atoms with Crippen molar-refractivity contribution in [2.75, 3.05) is 53.2 Å². The molecule has 0 radical (unpaired) electrons. The van der Waals surface area contributed by atoms with E-state index >= 15 is 0 Å². The van der Waals surface area contributed by atoms with E-state index in [9.17, 15) is 0 Å². The molecule has 27 heavy (non-hydrogen) atoms. The zero-order valence-electron chi connectivity index (χ0n) is 16.4. The fourth-order valence-electron chi connectivity index (χ4n) is 4.59. The van der Waals surface area contributed by atoms with Crippen molar-refractivity contribution in [1.82, 2.24) is 10.2 Å². The molecule has 0 unspecified atom stereocenters. The van der Waals surface area contributed by atoms with Crippen LogP contribution in [0.25, 0.3) is 0 Å². The molecule has 0 saturated carbocycles. The van der Waals surface area contributed by atoms with E-state index in [1.54, 1.807) is 7.11 Å². The molecule has 0 aliphatic carbocycles. The van der Waals surface area contributed by atoms with Gasteiger partial charge in [-0.25, -0.2) is 0 Å². The van der Waals surface area contributed by atoms with E-state index in [-0.39, 0.29) is 5.54 Å². The van der Waals surface area contributed by atoms with Crippen molar-refractivity contribution in [3.05, 3.63) is 17.7 Å². The van der Waals surface area contributed by atoms with Crippen LogP contribution in [0.15, 0.2) is 12.1 Å². The number of fused-ring (bicyclic) bond motifs is 1. The molecule has 3 aliphatic rings. The maximum Gasteiger partial charge on any atom is 0.203 e. The predicted molar refractivity (Wildman–Crippen MR) is 104 cm³/mol. The Morgan fingerprint density at radius 1 is 1.04 bits per heavy atom. The van der Waals surface area contributed by atoms with Gasteiger partial charge in [-0.05, 0) is 56.5 Å². The summed E-state index contributed by atoms with van der Waals surface area (Å²) in [6.07, 6.45) is 6.24. The third-order valence-electron chi connectivity index (χ3n) is 6.12. The second kappa shape index (κ2) is 8.67. The van der Waals surface area contributed by atoms with Gasteiger partial charge in [-0.15, -0.1) is 0 Å². The third kappa shape index (κ3) is 4.18. The molecule has 4 rings (SSSR count). The number of hydrogen-bond donors (Lipinski definition) is 1. The SMILES string of the molecule is COc1cc(CNCC2(N3CCCCC3)CCOCC2)cc2c1OCCO2. The Kier molecular flexibility index (Phi) is 6.05. The lowest BCUT2D eigenvalue weighted by Crippen LogP contribution is -2.59. The number of piperidine rings is 1. The van der Waals surface area contributed by atoms with Gasteiger partial charge in [0.1, 0.15) is 13.2 Å².